The van der Waals surface area contributed by atoms with Gasteiger partial charge in [0, 0.05) is 24.7 Å². The maximum Gasteiger partial charge on any atom is 0.303 e. The van der Waals surface area contributed by atoms with Crippen molar-refractivity contribution in [1.82, 2.24) is 0 Å². The number of carbonyl (C=O) groups excluding carboxylic acids is 1. The summed E-state index contributed by atoms with van der Waals surface area (Å²) in [6, 6.07) is 0. The van der Waals surface area contributed by atoms with Crippen LogP contribution in [0.4, 0.5) is 0 Å². The Balaban J connectivity index is 1.88. The molecule has 1 unspecified atom stereocenters. The normalized spacial score (nSPS) is 28.0. The van der Waals surface area contributed by atoms with Crippen molar-refractivity contribution in [3.63, 3.8) is 0 Å². The van der Waals surface area contributed by atoms with E-state index < -0.39 is 12.1 Å². The molecule has 5 nitrogen and oxygen atoms in total. The summed E-state index contributed by atoms with van der Waals surface area (Å²) in [5.74, 6) is -1.14. The summed E-state index contributed by atoms with van der Waals surface area (Å²) in [5.41, 5.74) is 0.0429. The summed E-state index contributed by atoms with van der Waals surface area (Å²) in [5, 5.41) is 29.8. The minimum Gasteiger partial charge on any atom is -0.481 e. The number of hydrogen-bond donors (Lipinski definition) is 3. The van der Waals surface area contributed by atoms with Crippen molar-refractivity contribution in [2.45, 2.75) is 96.2 Å². The van der Waals surface area contributed by atoms with Gasteiger partial charge >= 0.3 is 5.97 Å². The van der Waals surface area contributed by atoms with E-state index in [-0.39, 0.29) is 42.0 Å². The third-order valence-corrected chi connectivity index (χ3v) is 6.82. The highest BCUT2D eigenvalue weighted by Gasteiger charge is 2.40. The van der Waals surface area contributed by atoms with Crippen LogP contribution in [0, 0.1) is 17.3 Å². The fourth-order valence-electron chi connectivity index (χ4n) is 5.20. The highest BCUT2D eigenvalue weighted by atomic mass is 16.4. The number of carboxylic acid groups (broad SMARTS) is 1. The van der Waals surface area contributed by atoms with Crippen molar-refractivity contribution >= 4 is 11.8 Å². The summed E-state index contributed by atoms with van der Waals surface area (Å²) in [7, 11) is 0. The Labute approximate surface area is 174 Å². The van der Waals surface area contributed by atoms with Gasteiger partial charge in [0.25, 0.3) is 0 Å². The molecule has 2 saturated carbocycles. The number of aliphatic hydroxyl groups is 2. The molecule has 0 aliphatic heterocycles. The van der Waals surface area contributed by atoms with Crippen LogP contribution < -0.4 is 0 Å². The quantitative estimate of drug-likeness (QED) is 0.329. The second kappa shape index (κ2) is 11.7. The highest BCUT2D eigenvalue weighted by molar-refractivity contribution is 5.84. The molecule has 2 rings (SSSR count). The number of aliphatic hydroxyl groups excluding tert-OH is 2. The number of Topliss-reactive ketones (excluding diaryl/α,β-unsaturated/α-hetero) is 1. The van der Waals surface area contributed by atoms with Gasteiger partial charge in [0.05, 0.1) is 12.2 Å². The Morgan fingerprint density at radius 1 is 1.24 bits per heavy atom. The molecular weight excluding hydrogens is 368 g/mol. The lowest BCUT2D eigenvalue weighted by Gasteiger charge is -2.33. The number of rotatable bonds is 12. The van der Waals surface area contributed by atoms with Crippen LogP contribution in [-0.4, -0.2) is 39.3 Å². The molecule has 0 aromatic carbocycles. The van der Waals surface area contributed by atoms with Crippen LogP contribution in [0.2, 0.25) is 0 Å². The second-order valence-corrected chi connectivity index (χ2v) is 8.91. The molecule has 29 heavy (non-hydrogen) atoms. The van der Waals surface area contributed by atoms with Crippen LogP contribution in [0.25, 0.3) is 0 Å². The molecule has 2 aliphatic carbocycles. The van der Waals surface area contributed by atoms with Gasteiger partial charge in [0.15, 0.2) is 0 Å². The maximum atomic E-state index is 12.3. The Hall–Kier alpha value is -1.46. The van der Waals surface area contributed by atoms with Crippen molar-refractivity contribution in [2.24, 2.45) is 17.3 Å². The zero-order valence-electron chi connectivity index (χ0n) is 17.8. The smallest absolute Gasteiger partial charge is 0.303 e. The number of aliphatic carboxylic acids is 1. The van der Waals surface area contributed by atoms with E-state index in [0.29, 0.717) is 25.7 Å². The zero-order valence-corrected chi connectivity index (χ0v) is 17.8. The molecule has 0 bridgehead atoms. The molecule has 0 amide bonds. The lowest BCUT2D eigenvalue weighted by atomic mass is 9.75. The molecule has 0 saturated heterocycles. The molecule has 2 fully saturated rings. The Morgan fingerprint density at radius 3 is 2.62 bits per heavy atom. The van der Waals surface area contributed by atoms with Gasteiger partial charge in [0.1, 0.15) is 5.78 Å². The second-order valence-electron chi connectivity index (χ2n) is 8.91. The fraction of sp³-hybridized carbons (Fsp3) is 0.750. The van der Waals surface area contributed by atoms with E-state index in [0.717, 1.165) is 25.7 Å². The van der Waals surface area contributed by atoms with Crippen LogP contribution in [0.15, 0.2) is 24.3 Å². The Kier molecular flexibility index (Phi) is 9.57. The zero-order chi connectivity index (χ0) is 21.3. The summed E-state index contributed by atoms with van der Waals surface area (Å²) in [6.07, 6.45) is 16.2. The summed E-state index contributed by atoms with van der Waals surface area (Å²) < 4.78 is 0. The molecule has 0 spiro atoms. The van der Waals surface area contributed by atoms with Gasteiger partial charge in [-0.15, -0.1) is 0 Å². The molecule has 3 N–H and O–H groups in total. The molecule has 4 atom stereocenters. The van der Waals surface area contributed by atoms with Crippen molar-refractivity contribution < 1.29 is 24.9 Å². The fourth-order valence-corrected chi connectivity index (χ4v) is 5.20. The van der Waals surface area contributed by atoms with Crippen molar-refractivity contribution in [2.75, 3.05) is 0 Å². The number of carbonyl (C=O) groups is 2. The summed E-state index contributed by atoms with van der Waals surface area (Å²) >= 11 is 0. The first-order chi connectivity index (χ1) is 13.9. The maximum absolute atomic E-state index is 12.3. The molecule has 0 aromatic heterocycles. The molecule has 0 aromatic rings. The van der Waals surface area contributed by atoms with Crippen LogP contribution in [-0.2, 0) is 9.59 Å². The molecule has 0 radical (unpaired) electrons. The third kappa shape index (κ3) is 6.78. The molecule has 164 valence electrons. The van der Waals surface area contributed by atoms with E-state index in [1.54, 1.807) is 0 Å². The predicted octanol–water partition coefficient (Wildman–Crippen LogP) is 4.42. The molecule has 2 aliphatic rings. The van der Waals surface area contributed by atoms with E-state index >= 15 is 0 Å². The van der Waals surface area contributed by atoms with E-state index in [1.807, 2.05) is 24.3 Å². The number of ketones is 1. The predicted molar refractivity (Wildman–Crippen MR) is 113 cm³/mol. The van der Waals surface area contributed by atoms with Crippen molar-refractivity contribution in [3.05, 3.63) is 24.3 Å². The minimum atomic E-state index is -0.793. The van der Waals surface area contributed by atoms with E-state index in [1.165, 1.54) is 12.8 Å². The lowest BCUT2D eigenvalue weighted by Crippen LogP contribution is -2.32. The van der Waals surface area contributed by atoms with Gasteiger partial charge < -0.3 is 15.3 Å². The Bertz CT molecular complexity index is 588. The van der Waals surface area contributed by atoms with E-state index in [4.69, 9.17) is 5.11 Å². The summed E-state index contributed by atoms with van der Waals surface area (Å²) in [4.78, 5) is 22.8. The molecular formula is C24H38O5. The average molecular weight is 407 g/mol. The van der Waals surface area contributed by atoms with Gasteiger partial charge in [-0.3, -0.25) is 9.59 Å². The first-order valence-electron chi connectivity index (χ1n) is 11.3. The molecule has 0 heterocycles. The van der Waals surface area contributed by atoms with Crippen LogP contribution in [0.1, 0.15) is 84.0 Å². The van der Waals surface area contributed by atoms with Gasteiger partial charge in [-0.2, -0.15) is 0 Å². The van der Waals surface area contributed by atoms with Crippen molar-refractivity contribution in [3.8, 4) is 0 Å². The standard InChI is InChI=1S/C24H38O5/c1-2-14-24(15-7-8-16-24)22(27)12-9-11-19-18(20(25)17-21(19)26)10-5-3-4-6-13-23(28)29/h3,5,9,11,18-19,21-22,26-27H,2,4,6-8,10,12-17H2,1H3,(H,28,29)/t18-,19-,21-,22?/m1/s1. The van der Waals surface area contributed by atoms with Crippen LogP contribution >= 0.6 is 0 Å². The number of unbranched alkanes of at least 4 members (excludes halogenated alkanes) is 1. The van der Waals surface area contributed by atoms with Gasteiger partial charge in [-0.25, -0.2) is 0 Å². The minimum absolute atomic E-state index is 0.0429. The Morgan fingerprint density at radius 2 is 1.97 bits per heavy atom. The highest BCUT2D eigenvalue weighted by Crippen LogP contribution is 2.46. The van der Waals surface area contributed by atoms with Crippen LogP contribution in [0.3, 0.4) is 0 Å². The first-order valence-corrected chi connectivity index (χ1v) is 11.3. The van der Waals surface area contributed by atoms with E-state index in [2.05, 4.69) is 6.92 Å². The van der Waals surface area contributed by atoms with Gasteiger partial charge in [-0.05, 0) is 50.4 Å². The summed E-state index contributed by atoms with van der Waals surface area (Å²) in [6.45, 7) is 2.17. The van der Waals surface area contributed by atoms with Gasteiger partial charge in [0.2, 0.25) is 0 Å². The van der Waals surface area contributed by atoms with E-state index in [9.17, 15) is 19.8 Å². The third-order valence-electron chi connectivity index (χ3n) is 6.82. The van der Waals surface area contributed by atoms with Crippen molar-refractivity contribution in [1.29, 1.82) is 0 Å². The SMILES string of the molecule is CCCC1(C(O)CC=C[C@H]2[C@H](O)CC(=O)[C@@H]2CC=CCCCC(=O)O)CCCC1. The topological polar surface area (TPSA) is 94.8 Å². The number of carboxylic acids is 1. The first kappa shape index (κ1) is 23.8. The lowest BCUT2D eigenvalue weighted by molar-refractivity contribution is -0.137. The van der Waals surface area contributed by atoms with Gasteiger partial charge in [-0.1, -0.05) is 50.5 Å². The van der Waals surface area contributed by atoms with Crippen LogP contribution in [0.5, 0.6) is 0 Å². The number of hydrogen-bond acceptors (Lipinski definition) is 4. The largest absolute Gasteiger partial charge is 0.481 e. The average Bonchev–Trinajstić information content (AvgIpc) is 3.24. The molecule has 5 heteroatoms. The number of allylic oxidation sites excluding steroid dienone is 2. The monoisotopic (exact) mass is 406 g/mol.